The Bertz CT molecular complexity index is 1290. The first kappa shape index (κ1) is 24.8. The van der Waals surface area contributed by atoms with Crippen LogP contribution < -0.4 is 11.1 Å². The molecule has 3 aromatic rings. The van der Waals surface area contributed by atoms with E-state index in [0.29, 0.717) is 36.4 Å². The summed E-state index contributed by atoms with van der Waals surface area (Å²) in [6.07, 6.45) is 3.84. The van der Waals surface area contributed by atoms with E-state index in [4.69, 9.17) is 5.73 Å². The number of para-hydroxylation sites is 2. The van der Waals surface area contributed by atoms with Gasteiger partial charge in [0, 0.05) is 44.2 Å². The van der Waals surface area contributed by atoms with Crippen molar-refractivity contribution < 1.29 is 9.59 Å². The van der Waals surface area contributed by atoms with Gasteiger partial charge in [0.25, 0.3) is 5.91 Å². The fraction of sp³-hybridized carbons (Fsp3) is 0.290. The van der Waals surface area contributed by atoms with Crippen LogP contribution in [0.2, 0.25) is 0 Å². The SMILES string of the molecule is C=C1CN(Cc2ccc(C(=O)Nc3ccccc3N)cc2)C(CC(=O)N2CCCCC2)c2ccccc21. The van der Waals surface area contributed by atoms with E-state index in [2.05, 4.69) is 28.9 Å². The number of hydrogen-bond acceptors (Lipinski definition) is 4. The zero-order chi connectivity index (χ0) is 25.8. The molecule has 0 saturated carbocycles. The average Bonchev–Trinajstić information content (AvgIpc) is 2.93. The first-order chi connectivity index (χ1) is 18.0. The summed E-state index contributed by atoms with van der Waals surface area (Å²) in [5.74, 6) is 0.0268. The van der Waals surface area contributed by atoms with Crippen molar-refractivity contribution in [1.82, 2.24) is 9.80 Å². The van der Waals surface area contributed by atoms with Gasteiger partial charge in [-0.1, -0.05) is 55.1 Å². The van der Waals surface area contributed by atoms with Gasteiger partial charge in [-0.25, -0.2) is 0 Å². The predicted molar refractivity (Wildman–Crippen MR) is 149 cm³/mol. The third kappa shape index (κ3) is 5.59. The lowest BCUT2D eigenvalue weighted by molar-refractivity contribution is -0.133. The van der Waals surface area contributed by atoms with Gasteiger partial charge < -0.3 is 16.0 Å². The van der Waals surface area contributed by atoms with Gasteiger partial charge >= 0.3 is 0 Å². The summed E-state index contributed by atoms with van der Waals surface area (Å²) in [6.45, 7) is 7.42. The fourth-order valence-electron chi connectivity index (χ4n) is 5.39. The van der Waals surface area contributed by atoms with Crippen LogP contribution in [0.25, 0.3) is 5.57 Å². The number of rotatable bonds is 6. The van der Waals surface area contributed by atoms with Crippen molar-refractivity contribution in [2.75, 3.05) is 30.7 Å². The van der Waals surface area contributed by atoms with Gasteiger partial charge in [0.2, 0.25) is 5.91 Å². The third-order valence-corrected chi connectivity index (χ3v) is 7.42. The minimum atomic E-state index is -0.199. The summed E-state index contributed by atoms with van der Waals surface area (Å²) in [7, 11) is 0. The van der Waals surface area contributed by atoms with Gasteiger partial charge in [-0.05, 0) is 65.8 Å². The summed E-state index contributed by atoms with van der Waals surface area (Å²) >= 11 is 0. The van der Waals surface area contributed by atoms with E-state index in [1.807, 2.05) is 53.4 Å². The lowest BCUT2D eigenvalue weighted by Gasteiger charge is -2.39. The number of nitrogens with two attached hydrogens (primary N) is 1. The summed E-state index contributed by atoms with van der Waals surface area (Å²) < 4.78 is 0. The maximum absolute atomic E-state index is 13.3. The zero-order valence-electron chi connectivity index (χ0n) is 21.2. The Morgan fingerprint density at radius 3 is 2.38 bits per heavy atom. The second-order valence-corrected chi connectivity index (χ2v) is 10.00. The summed E-state index contributed by atoms with van der Waals surface area (Å²) in [5, 5.41) is 2.88. The maximum Gasteiger partial charge on any atom is 0.255 e. The highest BCUT2D eigenvalue weighted by Crippen LogP contribution is 2.38. The lowest BCUT2D eigenvalue weighted by Crippen LogP contribution is -2.41. The largest absolute Gasteiger partial charge is 0.397 e. The van der Waals surface area contributed by atoms with Crippen LogP contribution in [0.1, 0.15) is 58.8 Å². The molecule has 0 radical (unpaired) electrons. The summed E-state index contributed by atoms with van der Waals surface area (Å²) in [4.78, 5) is 30.4. The molecule has 37 heavy (non-hydrogen) atoms. The number of benzene rings is 3. The smallest absolute Gasteiger partial charge is 0.255 e. The molecule has 1 fully saturated rings. The molecule has 3 aromatic carbocycles. The second kappa shape index (κ2) is 11.0. The molecule has 1 atom stereocenters. The molecule has 2 amide bonds. The van der Waals surface area contributed by atoms with Crippen LogP contribution in [0.5, 0.6) is 0 Å². The molecule has 2 heterocycles. The van der Waals surface area contributed by atoms with Crippen molar-refractivity contribution in [3.63, 3.8) is 0 Å². The summed E-state index contributed by atoms with van der Waals surface area (Å²) in [6, 6.07) is 23.2. The molecule has 2 aliphatic rings. The van der Waals surface area contributed by atoms with Crippen LogP contribution in [-0.4, -0.2) is 41.2 Å². The van der Waals surface area contributed by atoms with Crippen molar-refractivity contribution in [2.45, 2.75) is 38.3 Å². The quantitative estimate of drug-likeness (QED) is 0.444. The topological polar surface area (TPSA) is 78.7 Å². The number of fused-ring (bicyclic) bond motifs is 1. The van der Waals surface area contributed by atoms with E-state index in [0.717, 1.165) is 42.6 Å². The van der Waals surface area contributed by atoms with Crippen LogP contribution in [-0.2, 0) is 11.3 Å². The van der Waals surface area contributed by atoms with Crippen LogP contribution in [0.3, 0.4) is 0 Å². The van der Waals surface area contributed by atoms with Crippen molar-refractivity contribution in [3.05, 3.63) is 102 Å². The minimum absolute atomic E-state index is 0.0137. The molecule has 0 spiro atoms. The number of likely N-dealkylation sites (tertiary alicyclic amines) is 1. The first-order valence-electron chi connectivity index (χ1n) is 13.0. The van der Waals surface area contributed by atoms with Crippen LogP contribution in [0.4, 0.5) is 11.4 Å². The highest BCUT2D eigenvalue weighted by molar-refractivity contribution is 6.05. The molecule has 5 rings (SSSR count). The van der Waals surface area contributed by atoms with Crippen molar-refractivity contribution in [3.8, 4) is 0 Å². The molecule has 1 saturated heterocycles. The molecule has 190 valence electrons. The first-order valence-corrected chi connectivity index (χ1v) is 13.0. The number of amides is 2. The predicted octanol–water partition coefficient (Wildman–Crippen LogP) is 5.49. The molecule has 6 nitrogen and oxygen atoms in total. The zero-order valence-corrected chi connectivity index (χ0v) is 21.2. The van der Waals surface area contributed by atoms with E-state index in [9.17, 15) is 9.59 Å². The van der Waals surface area contributed by atoms with Gasteiger partial charge in [-0.3, -0.25) is 14.5 Å². The van der Waals surface area contributed by atoms with Crippen molar-refractivity contribution in [2.24, 2.45) is 0 Å². The number of nitrogens with one attached hydrogen (secondary N) is 1. The van der Waals surface area contributed by atoms with E-state index >= 15 is 0 Å². The van der Waals surface area contributed by atoms with Crippen molar-refractivity contribution >= 4 is 28.8 Å². The highest BCUT2D eigenvalue weighted by Gasteiger charge is 2.32. The molecule has 0 bridgehead atoms. The number of hydrogen-bond donors (Lipinski definition) is 2. The second-order valence-electron chi connectivity index (χ2n) is 10.00. The number of carbonyl (C=O) groups excluding carboxylic acids is 2. The Balaban J connectivity index is 1.32. The van der Waals surface area contributed by atoms with Crippen LogP contribution in [0, 0.1) is 0 Å². The van der Waals surface area contributed by atoms with E-state index in [1.165, 1.54) is 12.0 Å². The monoisotopic (exact) mass is 494 g/mol. The Hall–Kier alpha value is -3.90. The number of anilines is 2. The molecular formula is C31H34N4O2. The van der Waals surface area contributed by atoms with E-state index in [1.54, 1.807) is 12.1 Å². The van der Waals surface area contributed by atoms with Gasteiger partial charge in [0.1, 0.15) is 0 Å². The van der Waals surface area contributed by atoms with Gasteiger partial charge in [-0.2, -0.15) is 0 Å². The summed E-state index contributed by atoms with van der Waals surface area (Å²) in [5.41, 5.74) is 12.1. The van der Waals surface area contributed by atoms with Crippen LogP contribution >= 0.6 is 0 Å². The Kier molecular flexibility index (Phi) is 7.37. The van der Waals surface area contributed by atoms with E-state index in [-0.39, 0.29) is 17.9 Å². The maximum atomic E-state index is 13.3. The van der Waals surface area contributed by atoms with Gasteiger partial charge in [0.15, 0.2) is 0 Å². The van der Waals surface area contributed by atoms with Gasteiger partial charge in [-0.15, -0.1) is 0 Å². The number of nitrogens with zero attached hydrogens (tertiary/aromatic N) is 2. The van der Waals surface area contributed by atoms with E-state index < -0.39 is 0 Å². The van der Waals surface area contributed by atoms with Gasteiger partial charge in [0.05, 0.1) is 11.4 Å². The molecule has 2 aliphatic heterocycles. The number of nitrogen functional groups attached to an aromatic ring is 1. The fourth-order valence-corrected chi connectivity index (χ4v) is 5.39. The number of carbonyl (C=O) groups is 2. The number of piperidine rings is 1. The molecular weight excluding hydrogens is 460 g/mol. The Morgan fingerprint density at radius 2 is 1.62 bits per heavy atom. The third-order valence-electron chi connectivity index (χ3n) is 7.42. The molecule has 3 N–H and O–H groups in total. The lowest BCUT2D eigenvalue weighted by atomic mass is 9.87. The minimum Gasteiger partial charge on any atom is -0.397 e. The molecule has 1 unspecified atom stereocenters. The average molecular weight is 495 g/mol. The van der Waals surface area contributed by atoms with Crippen molar-refractivity contribution in [1.29, 1.82) is 0 Å². The van der Waals surface area contributed by atoms with Crippen LogP contribution in [0.15, 0.2) is 79.4 Å². The highest BCUT2D eigenvalue weighted by atomic mass is 16.2. The standard InChI is InChI=1S/C31H34N4O2/c1-22-20-35(21-23-13-15-24(16-14-23)31(37)33-28-12-6-5-11-27(28)32)29(26-10-4-3-9-25(22)26)19-30(36)34-17-7-2-8-18-34/h3-6,9-16,29H,1-2,7-8,17-21,32H2,(H,33,37). The Labute approximate surface area is 218 Å². The Morgan fingerprint density at radius 1 is 0.919 bits per heavy atom. The molecule has 0 aliphatic carbocycles. The molecule has 0 aromatic heterocycles. The normalized spacial score (nSPS) is 17.8. The molecule has 6 heteroatoms.